The highest BCUT2D eigenvalue weighted by atomic mass is 16.1. The summed E-state index contributed by atoms with van der Waals surface area (Å²) in [4.78, 5) is 19.9. The van der Waals surface area contributed by atoms with Gasteiger partial charge in [-0.2, -0.15) is 0 Å². The van der Waals surface area contributed by atoms with Crippen LogP contribution in [0.1, 0.15) is 32.1 Å². The molecular formula is C13H18N4O. The summed E-state index contributed by atoms with van der Waals surface area (Å²) < 4.78 is 0. The Morgan fingerprint density at radius 2 is 1.94 bits per heavy atom. The number of nitrogens with zero attached hydrogens (tertiary/aromatic N) is 2. The van der Waals surface area contributed by atoms with Gasteiger partial charge >= 0.3 is 0 Å². The van der Waals surface area contributed by atoms with E-state index in [9.17, 15) is 4.79 Å². The Kier molecular flexibility index (Phi) is 3.23. The van der Waals surface area contributed by atoms with E-state index in [0.717, 1.165) is 12.8 Å². The van der Waals surface area contributed by atoms with Gasteiger partial charge in [0.1, 0.15) is 0 Å². The number of hydrogen-bond acceptors (Lipinski definition) is 4. The smallest absolute Gasteiger partial charge is 0.229 e. The third-order valence-electron chi connectivity index (χ3n) is 3.86. The van der Waals surface area contributed by atoms with Crippen molar-refractivity contribution in [2.24, 2.45) is 5.92 Å². The fraction of sp³-hybridized carbons (Fsp3) is 0.615. The van der Waals surface area contributed by atoms with Crippen molar-refractivity contribution in [2.75, 3.05) is 5.32 Å². The highest BCUT2D eigenvalue weighted by molar-refractivity contribution is 5.89. The molecular weight excluding hydrogens is 228 g/mol. The average Bonchev–Trinajstić information content (AvgIpc) is 2.70. The Labute approximate surface area is 106 Å². The van der Waals surface area contributed by atoms with Crippen LogP contribution in [-0.4, -0.2) is 28.0 Å². The van der Waals surface area contributed by atoms with E-state index in [1.165, 1.54) is 12.8 Å². The predicted molar refractivity (Wildman–Crippen MR) is 67.9 cm³/mol. The second-order valence-corrected chi connectivity index (χ2v) is 5.30. The van der Waals surface area contributed by atoms with Gasteiger partial charge in [0, 0.05) is 30.9 Å². The molecule has 0 aromatic carbocycles. The minimum atomic E-state index is 0.0347. The number of nitrogens with one attached hydrogen (secondary N) is 2. The van der Waals surface area contributed by atoms with Gasteiger partial charge in [-0.15, -0.1) is 0 Å². The van der Waals surface area contributed by atoms with Crippen molar-refractivity contribution < 1.29 is 4.79 Å². The SMILES string of the molecule is O=C(CC1CC2CCC(C1)N2)Nc1ncccn1. The first kappa shape index (κ1) is 11.6. The number of carbonyl (C=O) groups is 1. The molecule has 2 fully saturated rings. The Morgan fingerprint density at radius 1 is 1.28 bits per heavy atom. The summed E-state index contributed by atoms with van der Waals surface area (Å²) in [5.74, 6) is 0.944. The van der Waals surface area contributed by atoms with Crippen LogP contribution in [0.3, 0.4) is 0 Å². The Bertz CT molecular complexity index is 410. The van der Waals surface area contributed by atoms with Crippen molar-refractivity contribution in [3.63, 3.8) is 0 Å². The zero-order valence-electron chi connectivity index (χ0n) is 10.3. The molecule has 5 heteroatoms. The summed E-state index contributed by atoms with van der Waals surface area (Å²) in [7, 11) is 0. The maximum atomic E-state index is 11.9. The van der Waals surface area contributed by atoms with E-state index in [0.29, 0.717) is 30.4 Å². The van der Waals surface area contributed by atoms with Crippen LogP contribution < -0.4 is 10.6 Å². The normalized spacial score (nSPS) is 30.1. The average molecular weight is 246 g/mol. The van der Waals surface area contributed by atoms with Crippen LogP contribution in [-0.2, 0) is 4.79 Å². The van der Waals surface area contributed by atoms with Gasteiger partial charge in [-0.3, -0.25) is 10.1 Å². The van der Waals surface area contributed by atoms with E-state index in [1.807, 2.05) is 0 Å². The van der Waals surface area contributed by atoms with Gasteiger partial charge in [0.05, 0.1) is 0 Å². The molecule has 2 aliphatic heterocycles. The summed E-state index contributed by atoms with van der Waals surface area (Å²) in [5, 5.41) is 6.34. The standard InChI is InChI=1S/C13H18N4O/c18-12(17-13-14-4-1-5-15-13)8-9-6-10-2-3-11(7-9)16-10/h1,4-5,9-11,16H,2-3,6-8H2,(H,14,15,17,18). The summed E-state index contributed by atoms with van der Waals surface area (Å²) in [5.41, 5.74) is 0. The lowest BCUT2D eigenvalue weighted by atomic mass is 9.89. The summed E-state index contributed by atoms with van der Waals surface area (Å²) in [6.07, 6.45) is 8.64. The van der Waals surface area contributed by atoms with Crippen molar-refractivity contribution >= 4 is 11.9 Å². The monoisotopic (exact) mass is 246 g/mol. The molecule has 0 saturated carbocycles. The van der Waals surface area contributed by atoms with E-state index in [4.69, 9.17) is 0 Å². The number of carbonyl (C=O) groups excluding carboxylic acids is 1. The van der Waals surface area contributed by atoms with Crippen LogP contribution in [0.4, 0.5) is 5.95 Å². The lowest BCUT2D eigenvalue weighted by Gasteiger charge is -2.28. The van der Waals surface area contributed by atoms with Gasteiger partial charge in [0.2, 0.25) is 11.9 Å². The molecule has 1 amide bonds. The molecule has 2 atom stereocenters. The number of rotatable bonds is 3. The first-order valence-electron chi connectivity index (χ1n) is 6.62. The van der Waals surface area contributed by atoms with E-state index in [1.54, 1.807) is 18.5 Å². The molecule has 2 unspecified atom stereocenters. The fourth-order valence-corrected chi connectivity index (χ4v) is 3.14. The van der Waals surface area contributed by atoms with Crippen LogP contribution >= 0.6 is 0 Å². The largest absolute Gasteiger partial charge is 0.311 e. The molecule has 2 saturated heterocycles. The van der Waals surface area contributed by atoms with E-state index < -0.39 is 0 Å². The van der Waals surface area contributed by atoms with Crippen LogP contribution in [0.2, 0.25) is 0 Å². The molecule has 3 heterocycles. The van der Waals surface area contributed by atoms with Gasteiger partial charge in [-0.25, -0.2) is 9.97 Å². The predicted octanol–water partition coefficient (Wildman–Crippen LogP) is 1.34. The molecule has 0 radical (unpaired) electrons. The second-order valence-electron chi connectivity index (χ2n) is 5.30. The quantitative estimate of drug-likeness (QED) is 0.844. The molecule has 2 bridgehead atoms. The van der Waals surface area contributed by atoms with Crippen LogP contribution in [0.25, 0.3) is 0 Å². The lowest BCUT2D eigenvalue weighted by molar-refractivity contribution is -0.117. The van der Waals surface area contributed by atoms with Crippen molar-refractivity contribution in [3.05, 3.63) is 18.5 Å². The molecule has 18 heavy (non-hydrogen) atoms. The Hall–Kier alpha value is -1.49. The topological polar surface area (TPSA) is 66.9 Å². The van der Waals surface area contributed by atoms with Gasteiger partial charge in [-0.1, -0.05) is 0 Å². The van der Waals surface area contributed by atoms with E-state index >= 15 is 0 Å². The van der Waals surface area contributed by atoms with E-state index in [-0.39, 0.29) is 5.91 Å². The number of piperidine rings is 1. The molecule has 96 valence electrons. The van der Waals surface area contributed by atoms with Crippen molar-refractivity contribution in [2.45, 2.75) is 44.2 Å². The fourth-order valence-electron chi connectivity index (χ4n) is 3.14. The molecule has 2 aliphatic rings. The Balaban J connectivity index is 1.52. The van der Waals surface area contributed by atoms with Crippen molar-refractivity contribution in [3.8, 4) is 0 Å². The number of amides is 1. The number of anilines is 1. The maximum absolute atomic E-state index is 11.9. The van der Waals surface area contributed by atoms with Gasteiger partial charge in [-0.05, 0) is 37.7 Å². The molecule has 0 aliphatic carbocycles. The number of fused-ring (bicyclic) bond motifs is 2. The molecule has 1 aromatic rings. The van der Waals surface area contributed by atoms with Crippen LogP contribution in [0.15, 0.2) is 18.5 Å². The first-order chi connectivity index (χ1) is 8.79. The third kappa shape index (κ3) is 2.67. The van der Waals surface area contributed by atoms with Crippen molar-refractivity contribution in [1.82, 2.24) is 15.3 Å². The summed E-state index contributed by atoms with van der Waals surface area (Å²) in [6.45, 7) is 0. The van der Waals surface area contributed by atoms with Crippen molar-refractivity contribution in [1.29, 1.82) is 0 Å². The minimum Gasteiger partial charge on any atom is -0.311 e. The van der Waals surface area contributed by atoms with Crippen LogP contribution in [0, 0.1) is 5.92 Å². The molecule has 5 nitrogen and oxygen atoms in total. The zero-order valence-corrected chi connectivity index (χ0v) is 10.3. The van der Waals surface area contributed by atoms with Gasteiger partial charge in [0.25, 0.3) is 0 Å². The van der Waals surface area contributed by atoms with E-state index in [2.05, 4.69) is 20.6 Å². The second kappa shape index (κ2) is 5.02. The number of hydrogen-bond donors (Lipinski definition) is 2. The van der Waals surface area contributed by atoms with Crippen LogP contribution in [0.5, 0.6) is 0 Å². The lowest BCUT2D eigenvalue weighted by Crippen LogP contribution is -2.39. The van der Waals surface area contributed by atoms with Gasteiger partial charge in [0.15, 0.2) is 0 Å². The Morgan fingerprint density at radius 3 is 2.61 bits per heavy atom. The molecule has 1 aromatic heterocycles. The maximum Gasteiger partial charge on any atom is 0.229 e. The highest BCUT2D eigenvalue weighted by Gasteiger charge is 2.34. The zero-order chi connectivity index (χ0) is 12.4. The van der Waals surface area contributed by atoms with Gasteiger partial charge < -0.3 is 5.32 Å². The highest BCUT2D eigenvalue weighted by Crippen LogP contribution is 2.32. The number of aromatic nitrogens is 2. The molecule has 3 rings (SSSR count). The molecule has 2 N–H and O–H groups in total. The first-order valence-corrected chi connectivity index (χ1v) is 6.62. The third-order valence-corrected chi connectivity index (χ3v) is 3.86. The molecule has 0 spiro atoms. The summed E-state index contributed by atoms with van der Waals surface area (Å²) in [6, 6.07) is 3.00. The minimum absolute atomic E-state index is 0.0347. The summed E-state index contributed by atoms with van der Waals surface area (Å²) >= 11 is 0.